The van der Waals surface area contributed by atoms with E-state index in [0.717, 1.165) is 55.3 Å². The van der Waals surface area contributed by atoms with Crippen LogP contribution in [0.1, 0.15) is 68.3 Å². The maximum Gasteiger partial charge on any atom is 0.233 e. The predicted octanol–water partition coefficient (Wildman–Crippen LogP) is 4.03. The third-order valence-electron chi connectivity index (χ3n) is 6.49. The quantitative estimate of drug-likeness (QED) is 0.811. The SMILES string of the molecule is CC(=O)NCc1ccc([C@H]2CCCN2C(=O)C2(c3cccc(F)c3)CCCC2)nc1. The molecule has 0 radical (unpaired) electrons. The van der Waals surface area contributed by atoms with Crippen molar-refractivity contribution in [2.75, 3.05) is 6.54 Å². The molecule has 0 unspecified atom stereocenters. The normalized spacial score (nSPS) is 20.3. The van der Waals surface area contributed by atoms with E-state index in [0.29, 0.717) is 13.1 Å². The number of benzene rings is 1. The van der Waals surface area contributed by atoms with Gasteiger partial charge in [0.05, 0.1) is 17.2 Å². The predicted molar refractivity (Wildman–Crippen MR) is 112 cm³/mol. The number of amides is 2. The van der Waals surface area contributed by atoms with E-state index < -0.39 is 5.41 Å². The second-order valence-corrected chi connectivity index (χ2v) is 8.46. The lowest BCUT2D eigenvalue weighted by Gasteiger charge is -2.36. The number of carbonyl (C=O) groups is 2. The van der Waals surface area contributed by atoms with Gasteiger partial charge in [-0.2, -0.15) is 0 Å². The van der Waals surface area contributed by atoms with Gasteiger partial charge in [0, 0.05) is 26.2 Å². The molecule has 1 aromatic heterocycles. The minimum Gasteiger partial charge on any atom is -0.352 e. The molecule has 0 bridgehead atoms. The van der Waals surface area contributed by atoms with E-state index in [-0.39, 0.29) is 23.7 Å². The zero-order valence-corrected chi connectivity index (χ0v) is 17.4. The van der Waals surface area contributed by atoms with Crippen LogP contribution in [0.15, 0.2) is 42.6 Å². The van der Waals surface area contributed by atoms with Gasteiger partial charge in [-0.05, 0) is 55.0 Å². The molecule has 6 heteroatoms. The lowest BCUT2D eigenvalue weighted by molar-refractivity contribution is -0.138. The molecule has 2 fully saturated rings. The number of pyridine rings is 1. The Morgan fingerprint density at radius 1 is 1.20 bits per heavy atom. The first-order valence-electron chi connectivity index (χ1n) is 10.8. The number of likely N-dealkylation sites (tertiary alicyclic amines) is 1. The Kier molecular flexibility index (Phi) is 5.84. The summed E-state index contributed by atoms with van der Waals surface area (Å²) in [5.41, 5.74) is 1.97. The molecule has 5 nitrogen and oxygen atoms in total. The molecule has 0 spiro atoms. The molecule has 1 aliphatic carbocycles. The van der Waals surface area contributed by atoms with E-state index in [1.165, 1.54) is 19.1 Å². The van der Waals surface area contributed by atoms with Crippen LogP contribution >= 0.6 is 0 Å². The molecular formula is C24H28FN3O2. The highest BCUT2D eigenvalue weighted by atomic mass is 19.1. The van der Waals surface area contributed by atoms with Crippen LogP contribution in [-0.2, 0) is 21.5 Å². The summed E-state index contributed by atoms with van der Waals surface area (Å²) in [6.07, 6.45) is 7.08. The van der Waals surface area contributed by atoms with Crippen LogP contribution in [0.5, 0.6) is 0 Å². The highest BCUT2D eigenvalue weighted by Crippen LogP contribution is 2.45. The van der Waals surface area contributed by atoms with Crippen molar-refractivity contribution in [3.05, 3.63) is 65.2 Å². The fourth-order valence-electron chi connectivity index (χ4n) is 4.95. The Labute approximate surface area is 176 Å². The van der Waals surface area contributed by atoms with Gasteiger partial charge in [0.1, 0.15) is 5.82 Å². The smallest absolute Gasteiger partial charge is 0.233 e. The Bertz CT molecular complexity index is 922. The van der Waals surface area contributed by atoms with E-state index >= 15 is 0 Å². The zero-order valence-electron chi connectivity index (χ0n) is 17.4. The summed E-state index contributed by atoms with van der Waals surface area (Å²) in [5.74, 6) is -0.260. The summed E-state index contributed by atoms with van der Waals surface area (Å²) in [5, 5.41) is 2.77. The zero-order chi connectivity index (χ0) is 21.1. The van der Waals surface area contributed by atoms with Crippen molar-refractivity contribution in [3.63, 3.8) is 0 Å². The van der Waals surface area contributed by atoms with Gasteiger partial charge in [0.25, 0.3) is 0 Å². The summed E-state index contributed by atoms with van der Waals surface area (Å²) in [4.78, 5) is 31.5. The lowest BCUT2D eigenvalue weighted by atomic mass is 9.77. The molecule has 1 saturated heterocycles. The summed E-state index contributed by atoms with van der Waals surface area (Å²) in [6.45, 7) is 2.63. The molecule has 2 aliphatic rings. The van der Waals surface area contributed by atoms with Crippen molar-refractivity contribution < 1.29 is 14.0 Å². The molecule has 158 valence electrons. The standard InChI is InChI=1S/C24H28FN3O2/c1-17(29)26-15-18-9-10-21(27-16-18)22-8-5-13-28(22)23(30)24(11-2-3-12-24)19-6-4-7-20(25)14-19/h4,6-7,9-10,14,16,22H,2-3,5,8,11-13,15H2,1H3,(H,26,29)/t22-/m1/s1. The van der Waals surface area contributed by atoms with Gasteiger partial charge in [-0.15, -0.1) is 0 Å². The molecule has 2 amide bonds. The molecule has 2 aromatic rings. The van der Waals surface area contributed by atoms with Crippen LogP contribution in [0, 0.1) is 5.82 Å². The maximum atomic E-state index is 14.0. The number of carbonyl (C=O) groups excluding carboxylic acids is 2. The molecule has 1 aliphatic heterocycles. The largest absolute Gasteiger partial charge is 0.352 e. The Hall–Kier alpha value is -2.76. The summed E-state index contributed by atoms with van der Waals surface area (Å²) < 4.78 is 14.0. The van der Waals surface area contributed by atoms with E-state index in [9.17, 15) is 14.0 Å². The third kappa shape index (κ3) is 3.95. The summed E-state index contributed by atoms with van der Waals surface area (Å²) in [7, 11) is 0. The van der Waals surface area contributed by atoms with E-state index in [4.69, 9.17) is 0 Å². The first-order chi connectivity index (χ1) is 14.5. The van der Waals surface area contributed by atoms with Gasteiger partial charge >= 0.3 is 0 Å². The first-order valence-corrected chi connectivity index (χ1v) is 10.8. The van der Waals surface area contributed by atoms with Crippen LogP contribution in [0.25, 0.3) is 0 Å². The lowest BCUT2D eigenvalue weighted by Crippen LogP contribution is -2.45. The van der Waals surface area contributed by atoms with E-state index in [1.807, 2.05) is 23.1 Å². The second-order valence-electron chi connectivity index (χ2n) is 8.46. The molecular weight excluding hydrogens is 381 g/mol. The number of hydrogen-bond acceptors (Lipinski definition) is 3. The fourth-order valence-corrected chi connectivity index (χ4v) is 4.95. The Morgan fingerprint density at radius 3 is 2.67 bits per heavy atom. The fraction of sp³-hybridized carbons (Fsp3) is 0.458. The summed E-state index contributed by atoms with van der Waals surface area (Å²) in [6, 6.07) is 10.4. The molecule has 1 N–H and O–H groups in total. The number of aromatic nitrogens is 1. The number of rotatable bonds is 5. The highest BCUT2D eigenvalue weighted by Gasteiger charge is 2.47. The van der Waals surface area contributed by atoms with Gasteiger partial charge in [-0.25, -0.2) is 4.39 Å². The first kappa shape index (κ1) is 20.5. The van der Waals surface area contributed by atoms with Crippen LogP contribution in [-0.4, -0.2) is 28.2 Å². The third-order valence-corrected chi connectivity index (χ3v) is 6.49. The van der Waals surface area contributed by atoms with Crippen molar-refractivity contribution in [2.45, 2.75) is 63.5 Å². The van der Waals surface area contributed by atoms with Crippen molar-refractivity contribution in [3.8, 4) is 0 Å². The number of halogens is 1. The maximum absolute atomic E-state index is 14.0. The van der Waals surface area contributed by atoms with Crippen molar-refractivity contribution in [2.24, 2.45) is 0 Å². The molecule has 4 rings (SSSR count). The molecule has 2 heterocycles. The molecule has 30 heavy (non-hydrogen) atoms. The monoisotopic (exact) mass is 409 g/mol. The van der Waals surface area contributed by atoms with Crippen molar-refractivity contribution in [1.82, 2.24) is 15.2 Å². The number of nitrogens with zero attached hydrogens (tertiary/aromatic N) is 2. The topological polar surface area (TPSA) is 62.3 Å². The number of nitrogens with one attached hydrogen (secondary N) is 1. The Balaban J connectivity index is 1.58. The van der Waals surface area contributed by atoms with Crippen LogP contribution in [0.2, 0.25) is 0 Å². The summed E-state index contributed by atoms with van der Waals surface area (Å²) >= 11 is 0. The van der Waals surface area contributed by atoms with E-state index in [2.05, 4.69) is 10.3 Å². The second kappa shape index (κ2) is 8.54. The minimum absolute atomic E-state index is 0.0571. The van der Waals surface area contributed by atoms with Gasteiger partial charge in [-0.3, -0.25) is 14.6 Å². The molecule has 1 aromatic carbocycles. The van der Waals surface area contributed by atoms with E-state index in [1.54, 1.807) is 12.3 Å². The van der Waals surface area contributed by atoms with Crippen LogP contribution < -0.4 is 5.32 Å². The average molecular weight is 410 g/mol. The van der Waals surface area contributed by atoms with Gasteiger partial charge in [0.2, 0.25) is 11.8 Å². The van der Waals surface area contributed by atoms with Gasteiger partial charge in [0.15, 0.2) is 0 Å². The van der Waals surface area contributed by atoms with Crippen LogP contribution in [0.4, 0.5) is 4.39 Å². The molecule has 1 atom stereocenters. The highest BCUT2D eigenvalue weighted by molar-refractivity contribution is 5.89. The van der Waals surface area contributed by atoms with Crippen molar-refractivity contribution in [1.29, 1.82) is 0 Å². The van der Waals surface area contributed by atoms with Crippen molar-refractivity contribution >= 4 is 11.8 Å². The van der Waals surface area contributed by atoms with Gasteiger partial charge < -0.3 is 10.2 Å². The Morgan fingerprint density at radius 2 is 2.00 bits per heavy atom. The molecule has 1 saturated carbocycles. The van der Waals surface area contributed by atoms with Gasteiger partial charge in [-0.1, -0.05) is 31.0 Å². The number of hydrogen-bond donors (Lipinski definition) is 1. The minimum atomic E-state index is -0.629. The average Bonchev–Trinajstić information content (AvgIpc) is 3.43. The van der Waals surface area contributed by atoms with Crippen LogP contribution in [0.3, 0.4) is 0 Å².